The molecule has 3 N–H and O–H groups in total. The van der Waals surface area contributed by atoms with E-state index in [2.05, 4.69) is 10.6 Å². The second kappa shape index (κ2) is 9.73. The Balaban J connectivity index is 1.88. The first-order valence-electron chi connectivity index (χ1n) is 9.38. The van der Waals surface area contributed by atoms with E-state index in [4.69, 9.17) is 5.11 Å². The van der Waals surface area contributed by atoms with Gasteiger partial charge in [0.2, 0.25) is 5.91 Å². The van der Waals surface area contributed by atoms with Gasteiger partial charge in [0.1, 0.15) is 0 Å². The fraction of sp³-hybridized carbons (Fsp3) is 0.318. The summed E-state index contributed by atoms with van der Waals surface area (Å²) in [4.78, 5) is 36.9. The molecule has 0 aliphatic rings. The van der Waals surface area contributed by atoms with Crippen LogP contribution in [-0.4, -0.2) is 35.6 Å². The van der Waals surface area contributed by atoms with Crippen LogP contribution >= 0.6 is 0 Å². The lowest BCUT2D eigenvalue weighted by Crippen LogP contribution is -2.45. The van der Waals surface area contributed by atoms with Crippen LogP contribution in [0.1, 0.15) is 32.3 Å². The predicted molar refractivity (Wildman–Crippen MR) is 113 cm³/mol. The number of urea groups is 1. The molecule has 0 atom stereocenters. The smallest absolute Gasteiger partial charge is 0.319 e. The maximum Gasteiger partial charge on any atom is 0.319 e. The van der Waals surface area contributed by atoms with E-state index >= 15 is 0 Å². The van der Waals surface area contributed by atoms with Crippen LogP contribution in [0.25, 0.3) is 0 Å². The first kappa shape index (κ1) is 21.9. The zero-order valence-electron chi connectivity index (χ0n) is 16.9. The van der Waals surface area contributed by atoms with Crippen LogP contribution in [0.3, 0.4) is 0 Å². The number of carboxylic acid groups (broad SMARTS) is 1. The monoisotopic (exact) mass is 397 g/mol. The van der Waals surface area contributed by atoms with E-state index in [0.29, 0.717) is 12.1 Å². The number of carbonyl (C=O) groups is 3. The number of benzene rings is 2. The van der Waals surface area contributed by atoms with Gasteiger partial charge in [-0.25, -0.2) is 4.79 Å². The van der Waals surface area contributed by atoms with Gasteiger partial charge in [-0.1, -0.05) is 30.3 Å². The number of carboxylic acids is 1. The van der Waals surface area contributed by atoms with E-state index in [9.17, 15) is 14.4 Å². The van der Waals surface area contributed by atoms with Crippen molar-refractivity contribution in [2.24, 2.45) is 0 Å². The minimum absolute atomic E-state index is 0.0204. The molecule has 0 heterocycles. The molecule has 0 aliphatic carbocycles. The van der Waals surface area contributed by atoms with Gasteiger partial charge in [0.15, 0.2) is 0 Å². The highest BCUT2D eigenvalue weighted by Gasteiger charge is 2.21. The van der Waals surface area contributed by atoms with Crippen molar-refractivity contribution in [3.63, 3.8) is 0 Å². The fourth-order valence-corrected chi connectivity index (χ4v) is 2.75. The van der Waals surface area contributed by atoms with Crippen LogP contribution in [0.5, 0.6) is 0 Å². The molecule has 3 amide bonds. The van der Waals surface area contributed by atoms with Gasteiger partial charge in [0, 0.05) is 30.4 Å². The third-order valence-electron chi connectivity index (χ3n) is 4.50. The first-order chi connectivity index (χ1) is 13.7. The quantitative estimate of drug-likeness (QED) is 0.633. The predicted octanol–water partition coefficient (Wildman–Crippen LogP) is 3.66. The van der Waals surface area contributed by atoms with Gasteiger partial charge < -0.3 is 20.6 Å². The molecule has 0 aliphatic heterocycles. The van der Waals surface area contributed by atoms with Crippen LogP contribution in [0, 0.1) is 0 Å². The number of rotatable bonds is 8. The molecule has 0 spiro atoms. The largest absolute Gasteiger partial charge is 0.481 e. The lowest BCUT2D eigenvalue weighted by Gasteiger charge is -2.25. The summed E-state index contributed by atoms with van der Waals surface area (Å²) in [5.74, 6) is -0.932. The molecule has 7 nitrogen and oxygen atoms in total. The first-order valence-corrected chi connectivity index (χ1v) is 9.38. The summed E-state index contributed by atoms with van der Waals surface area (Å²) in [6.45, 7) is 3.54. The van der Waals surface area contributed by atoms with Crippen LogP contribution in [0.4, 0.5) is 16.2 Å². The number of para-hydroxylation sites is 1. The molecule has 0 fully saturated rings. The minimum Gasteiger partial charge on any atom is -0.481 e. The highest BCUT2D eigenvalue weighted by Crippen LogP contribution is 2.16. The lowest BCUT2D eigenvalue weighted by atomic mass is 9.99. The molecule has 154 valence electrons. The van der Waals surface area contributed by atoms with Gasteiger partial charge in [-0.2, -0.15) is 0 Å². The number of hydrogen-bond acceptors (Lipinski definition) is 3. The minimum atomic E-state index is -0.900. The van der Waals surface area contributed by atoms with Crippen molar-refractivity contribution in [3.05, 3.63) is 60.2 Å². The Hall–Kier alpha value is -3.35. The summed E-state index contributed by atoms with van der Waals surface area (Å²) in [6, 6.07) is 16.1. The van der Waals surface area contributed by atoms with Crippen LogP contribution < -0.4 is 15.5 Å². The second-order valence-electron chi connectivity index (χ2n) is 7.52. The zero-order chi connectivity index (χ0) is 21.4. The number of anilines is 2. The van der Waals surface area contributed by atoms with Crippen LogP contribution in [0.2, 0.25) is 0 Å². The molecule has 0 aromatic heterocycles. The number of amides is 3. The fourth-order valence-electron chi connectivity index (χ4n) is 2.75. The average Bonchev–Trinajstić information content (AvgIpc) is 2.67. The van der Waals surface area contributed by atoms with Crippen molar-refractivity contribution in [1.82, 2.24) is 5.32 Å². The SMILES string of the molecule is CN(C(=O)Cc1ccc(NC(=O)NC(C)(C)CCC(=O)O)cc1)c1ccccc1. The van der Waals surface area contributed by atoms with Crippen molar-refractivity contribution in [2.45, 2.75) is 38.6 Å². The molecule has 2 rings (SSSR count). The number of likely N-dealkylation sites (N-methyl/N-ethyl adjacent to an activating group) is 1. The summed E-state index contributed by atoms with van der Waals surface area (Å²) in [6.07, 6.45) is 0.555. The molecule has 2 aromatic carbocycles. The molecule has 0 saturated heterocycles. The van der Waals surface area contributed by atoms with Gasteiger partial charge >= 0.3 is 12.0 Å². The average molecular weight is 397 g/mol. The van der Waals surface area contributed by atoms with Gasteiger partial charge in [-0.05, 0) is 50.1 Å². The Labute approximate surface area is 170 Å². The van der Waals surface area contributed by atoms with E-state index in [0.717, 1.165) is 11.3 Å². The standard InChI is InChI=1S/C22H27N3O4/c1-22(2,14-13-20(27)28)24-21(29)23-17-11-9-16(10-12-17)15-19(26)25(3)18-7-5-4-6-8-18/h4-12H,13-15H2,1-3H3,(H,27,28)(H2,23,24,29). The normalized spacial score (nSPS) is 10.9. The van der Waals surface area contributed by atoms with E-state index in [-0.39, 0.29) is 18.7 Å². The number of hydrogen-bond donors (Lipinski definition) is 3. The van der Waals surface area contributed by atoms with Crippen molar-refractivity contribution >= 4 is 29.3 Å². The van der Waals surface area contributed by atoms with E-state index in [1.54, 1.807) is 50.1 Å². The van der Waals surface area contributed by atoms with Crippen molar-refractivity contribution in [1.29, 1.82) is 0 Å². The Kier molecular flexibility index (Phi) is 7.36. The third kappa shape index (κ3) is 7.29. The maximum absolute atomic E-state index is 12.4. The molecule has 0 saturated carbocycles. The van der Waals surface area contributed by atoms with E-state index < -0.39 is 17.5 Å². The number of nitrogens with zero attached hydrogens (tertiary/aromatic N) is 1. The number of nitrogens with one attached hydrogen (secondary N) is 2. The van der Waals surface area contributed by atoms with E-state index in [1.165, 1.54) is 0 Å². The summed E-state index contributed by atoms with van der Waals surface area (Å²) < 4.78 is 0. The second-order valence-corrected chi connectivity index (χ2v) is 7.52. The molecule has 0 unspecified atom stereocenters. The van der Waals surface area contributed by atoms with Gasteiger partial charge in [-0.15, -0.1) is 0 Å². The van der Waals surface area contributed by atoms with Crippen LogP contribution in [0.15, 0.2) is 54.6 Å². The number of aliphatic carboxylic acids is 1. The highest BCUT2D eigenvalue weighted by atomic mass is 16.4. The summed E-state index contributed by atoms with van der Waals surface area (Å²) in [7, 11) is 1.74. The molecule has 7 heteroatoms. The van der Waals surface area contributed by atoms with Crippen molar-refractivity contribution in [3.8, 4) is 0 Å². The number of carbonyl (C=O) groups excluding carboxylic acids is 2. The summed E-state index contributed by atoms with van der Waals surface area (Å²) >= 11 is 0. The summed E-state index contributed by atoms with van der Waals surface area (Å²) in [5.41, 5.74) is 1.62. The Bertz CT molecular complexity index is 848. The van der Waals surface area contributed by atoms with Gasteiger partial charge in [0.05, 0.1) is 6.42 Å². The molecular formula is C22H27N3O4. The van der Waals surface area contributed by atoms with Gasteiger partial charge in [-0.3, -0.25) is 9.59 Å². The summed E-state index contributed by atoms with van der Waals surface area (Å²) in [5, 5.41) is 14.3. The molecule has 29 heavy (non-hydrogen) atoms. The topological polar surface area (TPSA) is 98.7 Å². The highest BCUT2D eigenvalue weighted by molar-refractivity contribution is 5.94. The molecule has 2 aromatic rings. The van der Waals surface area contributed by atoms with Gasteiger partial charge in [0.25, 0.3) is 0 Å². The Morgan fingerprint density at radius 3 is 2.21 bits per heavy atom. The third-order valence-corrected chi connectivity index (χ3v) is 4.50. The van der Waals surface area contributed by atoms with Crippen molar-refractivity contribution in [2.75, 3.05) is 17.3 Å². The molecule has 0 bridgehead atoms. The maximum atomic E-state index is 12.4. The lowest BCUT2D eigenvalue weighted by molar-refractivity contribution is -0.137. The van der Waals surface area contributed by atoms with E-state index in [1.807, 2.05) is 30.3 Å². The zero-order valence-corrected chi connectivity index (χ0v) is 16.9. The van der Waals surface area contributed by atoms with Crippen molar-refractivity contribution < 1.29 is 19.5 Å². The Morgan fingerprint density at radius 1 is 1.00 bits per heavy atom. The molecule has 0 radical (unpaired) electrons. The Morgan fingerprint density at radius 2 is 1.62 bits per heavy atom. The van der Waals surface area contributed by atoms with Crippen LogP contribution in [-0.2, 0) is 16.0 Å². The molecular weight excluding hydrogens is 370 g/mol.